The van der Waals surface area contributed by atoms with Gasteiger partial charge in [0.15, 0.2) is 0 Å². The number of nitrogens with one attached hydrogen (secondary N) is 1. The maximum atomic E-state index is 11.0. The van der Waals surface area contributed by atoms with Gasteiger partial charge in [0.05, 0.1) is 5.75 Å². The Bertz CT molecular complexity index is 673. The second-order valence-corrected chi connectivity index (χ2v) is 8.30. The van der Waals surface area contributed by atoms with Crippen LogP contribution in [0.4, 0.5) is 0 Å². The fourth-order valence-electron chi connectivity index (χ4n) is 2.72. The first-order valence-electron chi connectivity index (χ1n) is 8.93. The second-order valence-electron chi connectivity index (χ2n) is 7.27. The largest absolute Gasteiger partial charge is 0.490 e. The first kappa shape index (κ1) is 19.7. The van der Waals surface area contributed by atoms with E-state index in [1.165, 1.54) is 5.56 Å². The number of hydrogen-bond acceptors (Lipinski definition) is 4. The number of ether oxygens (including phenoxy) is 1. The number of benzene rings is 1. The normalized spacial score (nSPS) is 12.7. The van der Waals surface area contributed by atoms with E-state index in [9.17, 15) is 4.79 Å². The topological polar surface area (TPSA) is 55.2 Å². The molecule has 1 aromatic heterocycles. The molecule has 1 heterocycles. The van der Waals surface area contributed by atoms with Crippen molar-refractivity contribution >= 4 is 11.8 Å². The predicted octanol–water partition coefficient (Wildman–Crippen LogP) is 4.89. The number of H-pyrrole nitrogens is 1. The molecular weight excluding hydrogens is 334 g/mol. The van der Waals surface area contributed by atoms with Crippen LogP contribution in [0, 0.1) is 11.8 Å². The van der Waals surface area contributed by atoms with Gasteiger partial charge >= 0.3 is 5.76 Å². The summed E-state index contributed by atoms with van der Waals surface area (Å²) in [6.45, 7) is 8.87. The van der Waals surface area contributed by atoms with Gasteiger partial charge in [0.25, 0.3) is 0 Å². The van der Waals surface area contributed by atoms with E-state index in [-0.39, 0.29) is 6.10 Å². The minimum atomic E-state index is -0.396. The summed E-state index contributed by atoms with van der Waals surface area (Å²) in [5.74, 6) is 3.96. The quantitative estimate of drug-likeness (QED) is 0.653. The van der Waals surface area contributed by atoms with Crippen LogP contribution in [-0.2, 0) is 12.2 Å². The Labute approximate surface area is 154 Å². The van der Waals surface area contributed by atoms with Crippen molar-refractivity contribution in [3.05, 3.63) is 52.3 Å². The van der Waals surface area contributed by atoms with Crippen molar-refractivity contribution in [1.29, 1.82) is 0 Å². The van der Waals surface area contributed by atoms with Gasteiger partial charge in [-0.05, 0) is 42.4 Å². The number of aromatic amines is 1. The van der Waals surface area contributed by atoms with E-state index >= 15 is 0 Å². The Balaban J connectivity index is 1.88. The van der Waals surface area contributed by atoms with Gasteiger partial charge in [0.1, 0.15) is 17.6 Å². The lowest BCUT2D eigenvalue weighted by molar-refractivity contribution is 0.197. The van der Waals surface area contributed by atoms with E-state index in [0.717, 1.165) is 24.3 Å². The summed E-state index contributed by atoms with van der Waals surface area (Å²) < 4.78 is 11.2. The molecular formula is C20H29NO3S. The summed E-state index contributed by atoms with van der Waals surface area (Å²) in [6, 6.07) is 8.45. The third-order valence-corrected chi connectivity index (χ3v) is 4.82. The number of rotatable bonds is 10. The summed E-state index contributed by atoms with van der Waals surface area (Å²) in [6.07, 6.45) is 3.86. The molecule has 1 aromatic carbocycles. The number of aromatic nitrogens is 1. The highest BCUT2D eigenvalue weighted by Crippen LogP contribution is 2.22. The summed E-state index contributed by atoms with van der Waals surface area (Å²) in [7, 11) is 0. The maximum Gasteiger partial charge on any atom is 0.416 e. The Morgan fingerprint density at radius 2 is 1.84 bits per heavy atom. The van der Waals surface area contributed by atoms with Crippen molar-refractivity contribution in [3.63, 3.8) is 0 Å². The van der Waals surface area contributed by atoms with Crippen LogP contribution in [0.5, 0.6) is 5.75 Å². The number of hydrogen-bond donors (Lipinski definition) is 1. The molecule has 0 aliphatic heterocycles. The minimum absolute atomic E-state index is 0.145. The summed E-state index contributed by atoms with van der Waals surface area (Å²) in [4.78, 5) is 13.5. The fraction of sp³-hybridized carbons (Fsp3) is 0.550. The third-order valence-electron chi connectivity index (χ3n) is 3.73. The molecule has 25 heavy (non-hydrogen) atoms. The SMILES string of the molecule is CC(C)Cc1ccc(OC(CSCc2c[nH]c(=O)o2)CC(C)C)cc1. The lowest BCUT2D eigenvalue weighted by Crippen LogP contribution is -2.22. The smallest absolute Gasteiger partial charge is 0.416 e. The van der Waals surface area contributed by atoms with Gasteiger partial charge in [-0.15, -0.1) is 11.8 Å². The molecule has 0 radical (unpaired) electrons. The molecule has 1 atom stereocenters. The second kappa shape index (κ2) is 9.76. The van der Waals surface area contributed by atoms with Crippen LogP contribution < -0.4 is 10.5 Å². The zero-order valence-electron chi connectivity index (χ0n) is 15.6. The van der Waals surface area contributed by atoms with Gasteiger partial charge in [-0.1, -0.05) is 39.8 Å². The van der Waals surface area contributed by atoms with Crippen LogP contribution in [0.1, 0.15) is 45.4 Å². The van der Waals surface area contributed by atoms with E-state index in [2.05, 4.69) is 56.9 Å². The molecule has 1 unspecified atom stereocenters. The molecule has 1 N–H and O–H groups in total. The maximum absolute atomic E-state index is 11.0. The summed E-state index contributed by atoms with van der Waals surface area (Å²) in [5, 5.41) is 0. The van der Waals surface area contributed by atoms with Gasteiger partial charge in [-0.25, -0.2) is 4.79 Å². The third kappa shape index (κ3) is 7.43. The van der Waals surface area contributed by atoms with Crippen molar-refractivity contribution in [1.82, 2.24) is 4.98 Å². The van der Waals surface area contributed by atoms with E-state index in [0.29, 0.717) is 23.3 Å². The Kier molecular flexibility index (Phi) is 7.69. The van der Waals surface area contributed by atoms with Crippen molar-refractivity contribution in [2.75, 3.05) is 5.75 Å². The molecule has 0 aliphatic carbocycles. The molecule has 0 saturated heterocycles. The highest BCUT2D eigenvalue weighted by molar-refractivity contribution is 7.98. The molecule has 0 saturated carbocycles. The average Bonchev–Trinajstić information content (AvgIpc) is 2.93. The zero-order valence-corrected chi connectivity index (χ0v) is 16.4. The molecule has 5 heteroatoms. The van der Waals surface area contributed by atoms with Crippen LogP contribution in [0.2, 0.25) is 0 Å². The van der Waals surface area contributed by atoms with Crippen LogP contribution in [0.15, 0.2) is 39.7 Å². The van der Waals surface area contributed by atoms with Gasteiger partial charge < -0.3 is 9.15 Å². The molecule has 2 rings (SSSR count). The lowest BCUT2D eigenvalue weighted by Gasteiger charge is -2.21. The van der Waals surface area contributed by atoms with E-state index in [1.807, 2.05) is 0 Å². The first-order chi connectivity index (χ1) is 11.9. The Morgan fingerprint density at radius 3 is 2.40 bits per heavy atom. The molecule has 0 spiro atoms. The number of thioether (sulfide) groups is 1. The van der Waals surface area contributed by atoms with Crippen molar-refractivity contribution in [3.8, 4) is 5.75 Å². The summed E-state index contributed by atoms with van der Waals surface area (Å²) >= 11 is 1.72. The number of oxazole rings is 1. The lowest BCUT2D eigenvalue weighted by atomic mass is 10.0. The Hall–Kier alpha value is -1.62. The monoisotopic (exact) mass is 363 g/mol. The van der Waals surface area contributed by atoms with E-state index in [4.69, 9.17) is 9.15 Å². The van der Waals surface area contributed by atoms with Gasteiger partial charge in [0.2, 0.25) is 0 Å². The Morgan fingerprint density at radius 1 is 1.12 bits per heavy atom. The molecule has 0 amide bonds. The van der Waals surface area contributed by atoms with Crippen LogP contribution >= 0.6 is 11.8 Å². The average molecular weight is 364 g/mol. The molecule has 0 aliphatic rings. The zero-order chi connectivity index (χ0) is 18.2. The van der Waals surface area contributed by atoms with Gasteiger partial charge in [-0.3, -0.25) is 4.98 Å². The fourth-order valence-corrected chi connectivity index (χ4v) is 3.65. The van der Waals surface area contributed by atoms with Crippen LogP contribution in [-0.4, -0.2) is 16.8 Å². The van der Waals surface area contributed by atoms with Crippen molar-refractivity contribution in [2.45, 2.75) is 52.4 Å². The summed E-state index contributed by atoms with van der Waals surface area (Å²) in [5.41, 5.74) is 1.35. The molecule has 138 valence electrons. The van der Waals surface area contributed by atoms with Gasteiger partial charge in [0, 0.05) is 11.9 Å². The van der Waals surface area contributed by atoms with Crippen molar-refractivity contribution < 1.29 is 9.15 Å². The highest BCUT2D eigenvalue weighted by Gasteiger charge is 2.14. The highest BCUT2D eigenvalue weighted by atomic mass is 32.2. The first-order valence-corrected chi connectivity index (χ1v) is 10.1. The van der Waals surface area contributed by atoms with E-state index in [1.54, 1.807) is 18.0 Å². The van der Waals surface area contributed by atoms with Crippen LogP contribution in [0.3, 0.4) is 0 Å². The molecule has 2 aromatic rings. The minimum Gasteiger partial charge on any atom is -0.490 e. The van der Waals surface area contributed by atoms with Crippen molar-refractivity contribution in [2.24, 2.45) is 11.8 Å². The molecule has 0 bridgehead atoms. The molecule has 4 nitrogen and oxygen atoms in total. The standard InChI is InChI=1S/C20H29NO3S/c1-14(2)9-16-5-7-17(8-6-16)23-18(10-15(3)4)12-25-13-19-11-21-20(22)24-19/h5-8,11,14-15,18H,9-10,12-13H2,1-4H3,(H,21,22). The van der Waals surface area contributed by atoms with Gasteiger partial charge in [-0.2, -0.15) is 0 Å². The predicted molar refractivity (Wildman–Crippen MR) is 104 cm³/mol. The van der Waals surface area contributed by atoms with E-state index < -0.39 is 5.76 Å². The molecule has 0 fully saturated rings. The van der Waals surface area contributed by atoms with Crippen LogP contribution in [0.25, 0.3) is 0 Å².